The molecule has 158 valence electrons. The summed E-state index contributed by atoms with van der Waals surface area (Å²) in [5.41, 5.74) is 6.28. The Morgan fingerprint density at radius 2 is 1.47 bits per heavy atom. The van der Waals surface area contributed by atoms with Crippen LogP contribution in [0, 0.1) is 0 Å². The topological polar surface area (TPSA) is 29.5 Å². The molecule has 4 aromatic carbocycles. The number of ether oxygens (including phenoxy) is 1. The first-order valence-corrected chi connectivity index (χ1v) is 11.0. The zero-order valence-electron chi connectivity index (χ0n) is 17.9. The molecule has 0 N–H and O–H groups in total. The third-order valence-corrected chi connectivity index (χ3v) is 5.91. The average molecular weight is 420 g/mol. The summed E-state index contributed by atoms with van der Waals surface area (Å²) in [5, 5.41) is 0. The van der Waals surface area contributed by atoms with Crippen LogP contribution in [0.5, 0.6) is 5.75 Å². The predicted octanol–water partition coefficient (Wildman–Crippen LogP) is 6.13. The summed E-state index contributed by atoms with van der Waals surface area (Å²) in [5.74, 6) is 0.738. The van der Waals surface area contributed by atoms with Crippen LogP contribution in [0.1, 0.15) is 27.0 Å². The Balaban J connectivity index is 1.52. The van der Waals surface area contributed by atoms with E-state index in [1.165, 1.54) is 0 Å². The van der Waals surface area contributed by atoms with E-state index in [4.69, 9.17) is 4.74 Å². The molecule has 1 aliphatic rings. The Morgan fingerprint density at radius 1 is 0.750 bits per heavy atom. The minimum absolute atomic E-state index is 0.00420. The van der Waals surface area contributed by atoms with Gasteiger partial charge in [0.05, 0.1) is 12.2 Å². The van der Waals surface area contributed by atoms with E-state index in [0.717, 1.165) is 40.0 Å². The van der Waals surface area contributed by atoms with E-state index in [9.17, 15) is 4.79 Å². The first-order valence-electron chi connectivity index (χ1n) is 11.0. The number of nitrogens with zero attached hydrogens (tertiary/aromatic N) is 1. The Hall–Kier alpha value is -3.85. The van der Waals surface area contributed by atoms with E-state index in [-0.39, 0.29) is 5.91 Å². The van der Waals surface area contributed by atoms with Crippen molar-refractivity contribution < 1.29 is 9.53 Å². The van der Waals surface area contributed by atoms with E-state index in [1.54, 1.807) is 0 Å². The predicted molar refractivity (Wildman–Crippen MR) is 128 cm³/mol. The second-order valence-corrected chi connectivity index (χ2v) is 8.06. The third kappa shape index (κ3) is 4.15. The first kappa shape index (κ1) is 20.1. The van der Waals surface area contributed by atoms with E-state index in [1.807, 2.05) is 71.6 Å². The van der Waals surface area contributed by atoms with Crippen molar-refractivity contribution in [1.29, 1.82) is 0 Å². The van der Waals surface area contributed by atoms with Crippen molar-refractivity contribution in [2.75, 3.05) is 6.61 Å². The molecule has 0 saturated heterocycles. The lowest BCUT2D eigenvalue weighted by atomic mass is 9.98. The highest BCUT2D eigenvalue weighted by Crippen LogP contribution is 2.32. The number of fused-ring (bicyclic) bond motifs is 1. The maximum atomic E-state index is 13.8. The zero-order valence-corrected chi connectivity index (χ0v) is 17.9. The van der Waals surface area contributed by atoms with Crippen molar-refractivity contribution in [1.82, 2.24) is 4.90 Å². The van der Waals surface area contributed by atoms with Crippen LogP contribution in [0.2, 0.25) is 0 Å². The van der Waals surface area contributed by atoms with Gasteiger partial charge in [-0.15, -0.1) is 0 Å². The molecule has 3 nitrogen and oxygen atoms in total. The number of amides is 1. The van der Waals surface area contributed by atoms with Gasteiger partial charge in [0.1, 0.15) is 5.75 Å². The van der Waals surface area contributed by atoms with Gasteiger partial charge in [-0.2, -0.15) is 0 Å². The van der Waals surface area contributed by atoms with Crippen molar-refractivity contribution in [2.24, 2.45) is 0 Å². The minimum atomic E-state index is -0.00420. The maximum Gasteiger partial charge on any atom is 0.258 e. The van der Waals surface area contributed by atoms with Crippen LogP contribution in [0.25, 0.3) is 11.1 Å². The number of benzene rings is 4. The van der Waals surface area contributed by atoms with Gasteiger partial charge in [0.2, 0.25) is 0 Å². The molecule has 3 heteroatoms. The average Bonchev–Trinajstić information content (AvgIpc) is 3.34. The van der Waals surface area contributed by atoms with Crippen LogP contribution >= 0.6 is 0 Å². The van der Waals surface area contributed by atoms with Crippen molar-refractivity contribution in [3.63, 3.8) is 0 Å². The summed E-state index contributed by atoms with van der Waals surface area (Å²) >= 11 is 0. The smallest absolute Gasteiger partial charge is 0.258 e. The Bertz CT molecular complexity index is 1220. The third-order valence-electron chi connectivity index (χ3n) is 5.91. The van der Waals surface area contributed by atoms with Gasteiger partial charge in [-0.05, 0) is 33.9 Å². The van der Waals surface area contributed by atoms with Crippen molar-refractivity contribution >= 4 is 5.91 Å². The number of hydrogen-bond donors (Lipinski definition) is 0. The van der Waals surface area contributed by atoms with E-state index < -0.39 is 0 Å². The lowest BCUT2D eigenvalue weighted by Gasteiger charge is -2.25. The van der Waals surface area contributed by atoms with Gasteiger partial charge in [-0.3, -0.25) is 4.79 Å². The minimum Gasteiger partial charge on any atom is -0.492 e. The highest BCUT2D eigenvalue weighted by Gasteiger charge is 2.25. The fourth-order valence-corrected chi connectivity index (χ4v) is 4.32. The summed E-state index contributed by atoms with van der Waals surface area (Å²) in [6, 6.07) is 34.7. The Kier molecular flexibility index (Phi) is 5.71. The quantitative estimate of drug-likeness (QED) is 0.376. The van der Waals surface area contributed by atoms with E-state index in [0.29, 0.717) is 25.3 Å². The molecule has 4 aromatic rings. The van der Waals surface area contributed by atoms with Crippen LogP contribution in [-0.4, -0.2) is 17.4 Å². The SMILES string of the molecule is O=C(c1cccc2c1OCC2)N(Cc1ccccc1)Cc1ccccc1-c1ccccc1. The van der Waals surface area contributed by atoms with Crippen LogP contribution in [0.15, 0.2) is 103 Å². The van der Waals surface area contributed by atoms with Crippen molar-refractivity contribution in [3.8, 4) is 16.9 Å². The van der Waals surface area contributed by atoms with Gasteiger partial charge in [0.15, 0.2) is 0 Å². The molecule has 1 amide bonds. The molecule has 0 radical (unpaired) electrons. The number of carbonyl (C=O) groups excluding carboxylic acids is 1. The van der Waals surface area contributed by atoms with Crippen LogP contribution in [-0.2, 0) is 19.5 Å². The number of para-hydroxylation sites is 1. The van der Waals surface area contributed by atoms with Gasteiger partial charge in [-0.25, -0.2) is 0 Å². The van der Waals surface area contributed by atoms with E-state index in [2.05, 4.69) is 36.4 Å². The molecule has 0 saturated carbocycles. The molecule has 1 heterocycles. The largest absolute Gasteiger partial charge is 0.492 e. The van der Waals surface area contributed by atoms with Gasteiger partial charge in [0.25, 0.3) is 5.91 Å². The molecular weight excluding hydrogens is 394 g/mol. The Morgan fingerprint density at radius 3 is 2.28 bits per heavy atom. The zero-order chi connectivity index (χ0) is 21.8. The van der Waals surface area contributed by atoms with Crippen LogP contribution < -0.4 is 4.74 Å². The summed E-state index contributed by atoms with van der Waals surface area (Å²) in [4.78, 5) is 15.7. The molecule has 0 aliphatic carbocycles. The number of rotatable bonds is 6. The maximum absolute atomic E-state index is 13.8. The molecule has 0 spiro atoms. The van der Waals surface area contributed by atoms with Gasteiger partial charge in [-0.1, -0.05) is 97.1 Å². The molecule has 0 aromatic heterocycles. The molecule has 5 rings (SSSR count). The van der Waals surface area contributed by atoms with Gasteiger partial charge < -0.3 is 9.64 Å². The standard InChI is InChI=1S/C29H25NO2/c31-29(27-17-9-15-24-18-19-32-28(24)27)30(20-22-10-3-1-4-11-22)21-25-14-7-8-16-26(25)23-12-5-2-6-13-23/h1-17H,18-21H2. The van der Waals surface area contributed by atoms with Gasteiger partial charge >= 0.3 is 0 Å². The highest BCUT2D eigenvalue weighted by atomic mass is 16.5. The number of carbonyl (C=O) groups is 1. The second-order valence-electron chi connectivity index (χ2n) is 8.06. The summed E-state index contributed by atoms with van der Waals surface area (Å²) in [7, 11) is 0. The first-order chi connectivity index (χ1) is 15.8. The molecule has 0 atom stereocenters. The van der Waals surface area contributed by atoms with Crippen LogP contribution in [0.3, 0.4) is 0 Å². The second kappa shape index (κ2) is 9.11. The van der Waals surface area contributed by atoms with Crippen LogP contribution in [0.4, 0.5) is 0 Å². The normalized spacial score (nSPS) is 12.1. The Labute approximate surface area is 188 Å². The molecule has 0 bridgehead atoms. The summed E-state index contributed by atoms with van der Waals surface area (Å²) < 4.78 is 5.85. The molecule has 1 aliphatic heterocycles. The van der Waals surface area contributed by atoms with E-state index >= 15 is 0 Å². The lowest BCUT2D eigenvalue weighted by molar-refractivity contribution is 0.0727. The monoisotopic (exact) mass is 419 g/mol. The molecule has 0 fully saturated rings. The molecule has 0 unspecified atom stereocenters. The molecular formula is C29H25NO2. The van der Waals surface area contributed by atoms with Gasteiger partial charge in [0, 0.05) is 19.5 Å². The fourth-order valence-electron chi connectivity index (χ4n) is 4.32. The summed E-state index contributed by atoms with van der Waals surface area (Å²) in [6.45, 7) is 1.68. The van der Waals surface area contributed by atoms with Crippen molar-refractivity contribution in [3.05, 3.63) is 125 Å². The number of hydrogen-bond acceptors (Lipinski definition) is 2. The fraction of sp³-hybridized carbons (Fsp3) is 0.138. The molecule has 32 heavy (non-hydrogen) atoms. The highest BCUT2D eigenvalue weighted by molar-refractivity contribution is 5.97. The lowest BCUT2D eigenvalue weighted by Crippen LogP contribution is -2.30. The van der Waals surface area contributed by atoms with Crippen molar-refractivity contribution in [2.45, 2.75) is 19.5 Å². The summed E-state index contributed by atoms with van der Waals surface area (Å²) in [6.07, 6.45) is 0.853.